The summed E-state index contributed by atoms with van der Waals surface area (Å²) in [6.07, 6.45) is 1.74. The number of nitrogens with zero attached hydrogens (tertiary/aromatic N) is 2. The minimum atomic E-state index is -3.99. The fraction of sp³-hybridized carbons (Fsp3) is 0.0968. The zero-order chi connectivity index (χ0) is 27.2. The molecule has 0 radical (unpaired) electrons. The number of carbonyl (C=O) groups is 1. The Balaban J connectivity index is 1.40. The maximum atomic E-state index is 13.5. The molecule has 0 aromatic heterocycles. The molecule has 0 aliphatic carbocycles. The molecule has 4 aromatic rings. The summed E-state index contributed by atoms with van der Waals surface area (Å²) < 4.78 is 30.9. The summed E-state index contributed by atoms with van der Waals surface area (Å²) in [6.45, 7) is 2.74. The number of amides is 1. The van der Waals surface area contributed by atoms with Crippen LogP contribution in [-0.2, 0) is 28.0 Å². The second-order valence-corrected chi connectivity index (χ2v) is 11.6. The van der Waals surface area contributed by atoms with Gasteiger partial charge in [0.2, 0.25) is 0 Å². The van der Waals surface area contributed by atoms with Crippen molar-refractivity contribution in [2.45, 2.75) is 24.9 Å². The first-order valence-corrected chi connectivity index (χ1v) is 14.5. The smallest absolute Gasteiger partial charge is 0.339 e. The quantitative estimate of drug-likeness (QED) is 0.185. The average molecular weight is 555 g/mol. The second-order valence-electron chi connectivity index (χ2n) is 8.99. The van der Waals surface area contributed by atoms with Gasteiger partial charge in [-0.1, -0.05) is 90.5 Å². The van der Waals surface area contributed by atoms with Crippen molar-refractivity contribution >= 4 is 39.0 Å². The van der Waals surface area contributed by atoms with Crippen molar-refractivity contribution in [1.29, 1.82) is 0 Å². The SMILES string of the molecule is Cc1ccc(S(=O)(=O)Oc2cccc(/C=C3\SC(=NCc4ccccc4)N(Cc4ccccc4)C3=O)c2)cc1. The van der Waals surface area contributed by atoms with Crippen LogP contribution in [0.25, 0.3) is 6.08 Å². The van der Waals surface area contributed by atoms with Gasteiger partial charge in [0.05, 0.1) is 18.0 Å². The molecule has 5 rings (SSSR count). The number of hydrogen-bond acceptors (Lipinski definition) is 6. The number of aliphatic imine (C=N–C) groups is 1. The lowest BCUT2D eigenvalue weighted by Crippen LogP contribution is -2.28. The molecule has 4 aromatic carbocycles. The Morgan fingerprint density at radius 1 is 0.846 bits per heavy atom. The van der Waals surface area contributed by atoms with Crippen molar-refractivity contribution in [3.8, 4) is 5.75 Å². The zero-order valence-electron chi connectivity index (χ0n) is 21.2. The molecule has 0 N–H and O–H groups in total. The summed E-state index contributed by atoms with van der Waals surface area (Å²) >= 11 is 1.31. The van der Waals surface area contributed by atoms with Crippen LogP contribution in [0.3, 0.4) is 0 Å². The Morgan fingerprint density at radius 3 is 2.21 bits per heavy atom. The normalized spacial score (nSPS) is 15.7. The molecule has 0 saturated carbocycles. The van der Waals surface area contributed by atoms with Crippen LogP contribution in [0.15, 0.2) is 124 Å². The molecule has 1 aliphatic heterocycles. The molecule has 1 amide bonds. The van der Waals surface area contributed by atoms with E-state index in [1.807, 2.05) is 67.6 Å². The Hall–Kier alpha value is -4.14. The Labute approximate surface area is 232 Å². The van der Waals surface area contributed by atoms with Crippen LogP contribution in [0, 0.1) is 6.92 Å². The van der Waals surface area contributed by atoms with E-state index in [1.54, 1.807) is 47.4 Å². The second kappa shape index (κ2) is 11.7. The van der Waals surface area contributed by atoms with E-state index in [0.29, 0.717) is 28.7 Å². The van der Waals surface area contributed by atoms with Gasteiger partial charge in [0.25, 0.3) is 5.91 Å². The topological polar surface area (TPSA) is 76.0 Å². The van der Waals surface area contributed by atoms with Crippen LogP contribution >= 0.6 is 11.8 Å². The molecule has 39 heavy (non-hydrogen) atoms. The molecule has 1 heterocycles. The number of aryl methyl sites for hydroxylation is 1. The van der Waals surface area contributed by atoms with Crippen LogP contribution < -0.4 is 4.18 Å². The first-order valence-electron chi connectivity index (χ1n) is 12.3. The van der Waals surface area contributed by atoms with Gasteiger partial charge in [0, 0.05) is 0 Å². The molecular weight excluding hydrogens is 528 g/mol. The average Bonchev–Trinajstić information content (AvgIpc) is 3.22. The number of hydrogen-bond donors (Lipinski definition) is 0. The molecular formula is C31H26N2O4S2. The number of amidine groups is 1. The van der Waals surface area contributed by atoms with E-state index in [0.717, 1.165) is 16.7 Å². The van der Waals surface area contributed by atoms with Crippen molar-refractivity contribution < 1.29 is 17.4 Å². The predicted octanol–water partition coefficient (Wildman–Crippen LogP) is 6.44. The van der Waals surface area contributed by atoms with Gasteiger partial charge in [-0.2, -0.15) is 8.42 Å². The standard InChI is InChI=1S/C31H26N2O4S2/c1-23-15-17-28(18-16-23)39(35,36)37-27-14-8-13-26(19-27)20-29-30(34)33(22-25-11-6-3-7-12-25)31(38-29)32-21-24-9-4-2-5-10-24/h2-20H,21-22H2,1H3/b29-20-,32-31?. The molecule has 1 saturated heterocycles. The van der Waals surface area contributed by atoms with Crippen molar-refractivity contribution in [2.24, 2.45) is 4.99 Å². The number of thioether (sulfide) groups is 1. The van der Waals surface area contributed by atoms with Crippen molar-refractivity contribution in [1.82, 2.24) is 4.90 Å². The summed E-state index contributed by atoms with van der Waals surface area (Å²) in [7, 11) is -3.99. The van der Waals surface area contributed by atoms with Crippen LogP contribution in [0.1, 0.15) is 22.3 Å². The Morgan fingerprint density at radius 2 is 1.51 bits per heavy atom. The Bertz CT molecular complexity index is 1630. The summed E-state index contributed by atoms with van der Waals surface area (Å²) in [6, 6.07) is 32.8. The molecule has 0 bridgehead atoms. The fourth-order valence-electron chi connectivity index (χ4n) is 3.96. The van der Waals surface area contributed by atoms with Crippen molar-refractivity contribution in [3.63, 3.8) is 0 Å². The van der Waals surface area contributed by atoms with E-state index in [9.17, 15) is 13.2 Å². The van der Waals surface area contributed by atoms with Gasteiger partial charge in [-0.25, -0.2) is 0 Å². The van der Waals surface area contributed by atoms with Gasteiger partial charge in [0.1, 0.15) is 10.6 Å². The first kappa shape index (κ1) is 26.5. The predicted molar refractivity (Wildman–Crippen MR) is 156 cm³/mol. The molecule has 0 unspecified atom stereocenters. The summed E-state index contributed by atoms with van der Waals surface area (Å²) in [5, 5.41) is 0.619. The summed E-state index contributed by atoms with van der Waals surface area (Å²) in [5.74, 6) is 0.00810. The molecule has 1 aliphatic rings. The third-order valence-electron chi connectivity index (χ3n) is 5.98. The third kappa shape index (κ3) is 6.66. The number of rotatable bonds is 8. The minimum Gasteiger partial charge on any atom is -0.379 e. The van der Waals surface area contributed by atoms with E-state index in [2.05, 4.69) is 0 Å². The van der Waals surface area contributed by atoms with E-state index in [1.165, 1.54) is 23.9 Å². The molecule has 0 atom stereocenters. The highest BCUT2D eigenvalue weighted by Gasteiger charge is 2.33. The van der Waals surface area contributed by atoms with Gasteiger partial charge in [-0.15, -0.1) is 0 Å². The fourth-order valence-corrected chi connectivity index (χ4v) is 5.86. The van der Waals surface area contributed by atoms with E-state index < -0.39 is 10.1 Å². The summed E-state index contributed by atoms with van der Waals surface area (Å²) in [4.78, 5) is 20.5. The van der Waals surface area contributed by atoms with Gasteiger partial charge < -0.3 is 4.18 Å². The minimum absolute atomic E-state index is 0.0780. The largest absolute Gasteiger partial charge is 0.379 e. The monoisotopic (exact) mass is 554 g/mol. The lowest BCUT2D eigenvalue weighted by molar-refractivity contribution is -0.122. The molecule has 1 fully saturated rings. The number of carbonyl (C=O) groups excluding carboxylic acids is 1. The van der Waals surface area contributed by atoms with Gasteiger partial charge in [0.15, 0.2) is 5.17 Å². The van der Waals surface area contributed by atoms with Crippen molar-refractivity contribution in [2.75, 3.05) is 0 Å². The van der Waals surface area contributed by atoms with E-state index in [-0.39, 0.29) is 16.6 Å². The van der Waals surface area contributed by atoms with Crippen molar-refractivity contribution in [3.05, 3.63) is 136 Å². The molecule has 0 spiro atoms. The Kier molecular flexibility index (Phi) is 7.95. The van der Waals surface area contributed by atoms with Gasteiger partial charge in [-0.05, 0) is 65.7 Å². The maximum absolute atomic E-state index is 13.5. The molecule has 196 valence electrons. The zero-order valence-corrected chi connectivity index (χ0v) is 22.9. The van der Waals surface area contributed by atoms with E-state index in [4.69, 9.17) is 9.18 Å². The first-order chi connectivity index (χ1) is 18.9. The lowest BCUT2D eigenvalue weighted by atomic mass is 10.2. The highest BCUT2D eigenvalue weighted by atomic mass is 32.2. The van der Waals surface area contributed by atoms with Crippen LogP contribution in [0.2, 0.25) is 0 Å². The lowest BCUT2D eigenvalue weighted by Gasteiger charge is -2.15. The van der Waals surface area contributed by atoms with Crippen LogP contribution in [-0.4, -0.2) is 24.4 Å². The highest BCUT2D eigenvalue weighted by molar-refractivity contribution is 8.18. The summed E-state index contributed by atoms with van der Waals surface area (Å²) in [5.41, 5.74) is 3.65. The van der Waals surface area contributed by atoms with E-state index >= 15 is 0 Å². The number of benzene rings is 4. The van der Waals surface area contributed by atoms with Crippen LogP contribution in [0.5, 0.6) is 5.75 Å². The third-order valence-corrected chi connectivity index (χ3v) is 8.29. The van der Waals surface area contributed by atoms with Crippen LogP contribution in [0.4, 0.5) is 0 Å². The molecule has 8 heteroatoms. The van der Waals surface area contributed by atoms with Gasteiger partial charge >= 0.3 is 10.1 Å². The highest BCUT2D eigenvalue weighted by Crippen LogP contribution is 2.34. The maximum Gasteiger partial charge on any atom is 0.339 e. The molecule has 6 nitrogen and oxygen atoms in total. The van der Waals surface area contributed by atoms with Gasteiger partial charge in [-0.3, -0.25) is 14.7 Å².